The monoisotopic (exact) mass is 333 g/mol. The minimum atomic E-state index is -3.62. The molecule has 1 rings (SSSR count). The standard InChI is InChI=1S/C15H24ClNO3S/c1-4-9-17(14(11-18)10-12(2)3)21(19,20)15-7-5-13(16)6-8-15/h5-8,12,14,18H,4,9-11H2,1-3H3/t14-/m1/s1. The van der Waals surface area contributed by atoms with E-state index >= 15 is 0 Å². The normalized spacial score (nSPS) is 13.9. The molecule has 0 aliphatic heterocycles. The number of aliphatic hydroxyl groups is 1. The summed E-state index contributed by atoms with van der Waals surface area (Å²) < 4.78 is 27.0. The topological polar surface area (TPSA) is 57.6 Å². The molecule has 1 aromatic rings. The fourth-order valence-corrected chi connectivity index (χ4v) is 4.13. The van der Waals surface area contributed by atoms with Gasteiger partial charge in [0.1, 0.15) is 0 Å². The van der Waals surface area contributed by atoms with Gasteiger partial charge in [0.05, 0.1) is 11.5 Å². The number of hydrogen-bond acceptors (Lipinski definition) is 3. The van der Waals surface area contributed by atoms with Crippen molar-refractivity contribution in [2.75, 3.05) is 13.2 Å². The Morgan fingerprint density at radius 3 is 2.24 bits per heavy atom. The van der Waals surface area contributed by atoms with Crippen LogP contribution >= 0.6 is 11.6 Å². The molecule has 0 heterocycles. The maximum Gasteiger partial charge on any atom is 0.243 e. The van der Waals surface area contributed by atoms with E-state index in [1.165, 1.54) is 16.4 Å². The average molecular weight is 334 g/mol. The van der Waals surface area contributed by atoms with Gasteiger partial charge in [0.2, 0.25) is 10.0 Å². The van der Waals surface area contributed by atoms with Gasteiger partial charge in [-0.1, -0.05) is 32.4 Å². The number of sulfonamides is 1. The molecule has 0 saturated carbocycles. The first-order valence-electron chi connectivity index (χ1n) is 7.21. The van der Waals surface area contributed by atoms with Crippen LogP contribution in [0.4, 0.5) is 0 Å². The minimum Gasteiger partial charge on any atom is -0.395 e. The van der Waals surface area contributed by atoms with Crippen molar-refractivity contribution in [1.82, 2.24) is 4.31 Å². The highest BCUT2D eigenvalue weighted by Gasteiger charge is 2.30. The average Bonchev–Trinajstić information content (AvgIpc) is 2.42. The zero-order chi connectivity index (χ0) is 16.0. The third kappa shape index (κ3) is 4.95. The summed E-state index contributed by atoms with van der Waals surface area (Å²) in [5.41, 5.74) is 0. The molecule has 1 atom stereocenters. The summed E-state index contributed by atoms with van der Waals surface area (Å²) in [5, 5.41) is 10.1. The van der Waals surface area contributed by atoms with E-state index in [0.717, 1.165) is 0 Å². The third-order valence-electron chi connectivity index (χ3n) is 3.23. The molecule has 0 radical (unpaired) electrons. The van der Waals surface area contributed by atoms with Crippen LogP contribution in [-0.4, -0.2) is 37.0 Å². The number of halogens is 1. The van der Waals surface area contributed by atoms with Crippen LogP contribution in [0, 0.1) is 5.92 Å². The van der Waals surface area contributed by atoms with Crippen LogP contribution in [0.2, 0.25) is 5.02 Å². The van der Waals surface area contributed by atoms with Crippen LogP contribution in [0.1, 0.15) is 33.6 Å². The second-order valence-corrected chi connectivity index (χ2v) is 7.86. The fourth-order valence-electron chi connectivity index (χ4n) is 2.29. The Kier molecular flexibility index (Phi) is 7.13. The van der Waals surface area contributed by atoms with Crippen LogP contribution in [0.15, 0.2) is 29.2 Å². The van der Waals surface area contributed by atoms with E-state index in [2.05, 4.69) is 0 Å². The summed E-state index contributed by atoms with van der Waals surface area (Å²) in [6.07, 6.45) is 1.32. The van der Waals surface area contributed by atoms with Crippen LogP contribution in [0.3, 0.4) is 0 Å². The Labute approximate surface area is 132 Å². The van der Waals surface area contributed by atoms with Crippen molar-refractivity contribution in [2.24, 2.45) is 5.92 Å². The largest absolute Gasteiger partial charge is 0.395 e. The number of aliphatic hydroxyl groups excluding tert-OH is 1. The van der Waals surface area contributed by atoms with Crippen LogP contribution < -0.4 is 0 Å². The molecule has 0 bridgehead atoms. The second-order valence-electron chi connectivity index (χ2n) is 5.54. The molecule has 1 N–H and O–H groups in total. The molecule has 0 fully saturated rings. The van der Waals surface area contributed by atoms with Crippen LogP contribution in [0.25, 0.3) is 0 Å². The van der Waals surface area contributed by atoms with Crippen LogP contribution in [0.5, 0.6) is 0 Å². The summed E-state index contributed by atoms with van der Waals surface area (Å²) in [6, 6.07) is 5.74. The lowest BCUT2D eigenvalue weighted by molar-refractivity contribution is 0.168. The van der Waals surface area contributed by atoms with Crippen molar-refractivity contribution in [3.8, 4) is 0 Å². The molecule has 0 saturated heterocycles. The summed E-state index contributed by atoms with van der Waals surface area (Å²) in [7, 11) is -3.62. The highest BCUT2D eigenvalue weighted by Crippen LogP contribution is 2.23. The van der Waals surface area contributed by atoms with Gasteiger partial charge >= 0.3 is 0 Å². The van der Waals surface area contributed by atoms with Crippen molar-refractivity contribution < 1.29 is 13.5 Å². The first kappa shape index (κ1) is 18.4. The van der Waals surface area contributed by atoms with Gasteiger partial charge in [-0.05, 0) is 43.0 Å². The first-order chi connectivity index (χ1) is 9.82. The lowest BCUT2D eigenvalue weighted by atomic mass is 10.0. The van der Waals surface area contributed by atoms with E-state index in [1.807, 2.05) is 20.8 Å². The molecular weight excluding hydrogens is 310 g/mol. The Morgan fingerprint density at radius 1 is 1.24 bits per heavy atom. The van der Waals surface area contributed by atoms with Gasteiger partial charge in [-0.2, -0.15) is 4.31 Å². The Morgan fingerprint density at radius 2 is 1.81 bits per heavy atom. The second kappa shape index (κ2) is 8.13. The van der Waals surface area contributed by atoms with Crippen molar-refractivity contribution in [2.45, 2.75) is 44.6 Å². The van der Waals surface area contributed by atoms with E-state index in [0.29, 0.717) is 30.3 Å². The van der Waals surface area contributed by atoms with Gasteiger partial charge in [0.25, 0.3) is 0 Å². The molecule has 21 heavy (non-hydrogen) atoms. The molecule has 0 aliphatic carbocycles. The Balaban J connectivity index is 3.15. The van der Waals surface area contributed by atoms with Gasteiger partial charge in [-0.15, -0.1) is 0 Å². The number of rotatable bonds is 8. The van der Waals surface area contributed by atoms with Gasteiger partial charge in [-0.25, -0.2) is 8.42 Å². The van der Waals surface area contributed by atoms with E-state index in [1.54, 1.807) is 12.1 Å². The van der Waals surface area contributed by atoms with Gasteiger partial charge in [-0.3, -0.25) is 0 Å². The predicted molar refractivity (Wildman–Crippen MR) is 86.0 cm³/mol. The third-order valence-corrected chi connectivity index (χ3v) is 5.44. The Hall–Kier alpha value is -0.620. The quantitative estimate of drug-likeness (QED) is 0.795. The van der Waals surface area contributed by atoms with Gasteiger partial charge in [0.15, 0.2) is 0 Å². The summed E-state index contributed by atoms with van der Waals surface area (Å²) >= 11 is 5.81. The molecule has 0 aromatic heterocycles. The molecule has 6 heteroatoms. The molecule has 0 spiro atoms. The number of nitrogens with zero attached hydrogens (tertiary/aromatic N) is 1. The highest BCUT2D eigenvalue weighted by molar-refractivity contribution is 7.89. The maximum absolute atomic E-state index is 12.8. The number of hydrogen-bond donors (Lipinski definition) is 1. The molecule has 4 nitrogen and oxygen atoms in total. The summed E-state index contributed by atoms with van der Waals surface area (Å²) in [6.45, 7) is 6.17. The lowest BCUT2D eigenvalue weighted by Crippen LogP contribution is -2.43. The van der Waals surface area contributed by atoms with Gasteiger partial charge < -0.3 is 5.11 Å². The lowest BCUT2D eigenvalue weighted by Gasteiger charge is -2.30. The molecule has 0 aliphatic rings. The van der Waals surface area contributed by atoms with E-state index in [-0.39, 0.29) is 11.5 Å². The van der Waals surface area contributed by atoms with Crippen molar-refractivity contribution >= 4 is 21.6 Å². The fraction of sp³-hybridized carbons (Fsp3) is 0.600. The first-order valence-corrected chi connectivity index (χ1v) is 9.03. The van der Waals surface area contributed by atoms with Crippen molar-refractivity contribution in [3.05, 3.63) is 29.3 Å². The van der Waals surface area contributed by atoms with E-state index < -0.39 is 16.1 Å². The molecule has 0 amide bonds. The Bertz CT molecular complexity index is 528. The van der Waals surface area contributed by atoms with Crippen molar-refractivity contribution in [3.63, 3.8) is 0 Å². The summed E-state index contributed by atoms with van der Waals surface area (Å²) in [4.78, 5) is 0.211. The predicted octanol–water partition coefficient (Wildman–Crippen LogP) is 3.15. The highest BCUT2D eigenvalue weighted by atomic mass is 35.5. The van der Waals surface area contributed by atoms with Crippen LogP contribution in [-0.2, 0) is 10.0 Å². The molecule has 1 aromatic carbocycles. The molecule has 0 unspecified atom stereocenters. The van der Waals surface area contributed by atoms with Crippen molar-refractivity contribution in [1.29, 1.82) is 0 Å². The summed E-state index contributed by atoms with van der Waals surface area (Å²) in [5.74, 6) is 0.307. The zero-order valence-electron chi connectivity index (χ0n) is 12.8. The van der Waals surface area contributed by atoms with E-state index in [9.17, 15) is 13.5 Å². The number of benzene rings is 1. The van der Waals surface area contributed by atoms with Gasteiger partial charge in [0, 0.05) is 17.6 Å². The minimum absolute atomic E-state index is 0.176. The molecule has 120 valence electrons. The molecular formula is C15H24ClNO3S. The maximum atomic E-state index is 12.8. The zero-order valence-corrected chi connectivity index (χ0v) is 14.4. The van der Waals surface area contributed by atoms with E-state index in [4.69, 9.17) is 11.6 Å². The smallest absolute Gasteiger partial charge is 0.243 e. The SMILES string of the molecule is CCCN([C@@H](CO)CC(C)C)S(=O)(=O)c1ccc(Cl)cc1.